The fraction of sp³-hybridized carbons (Fsp3) is 0.286. The van der Waals surface area contributed by atoms with Crippen molar-refractivity contribution in [3.05, 3.63) is 53.1 Å². The highest BCUT2D eigenvalue weighted by atomic mass is 127. The van der Waals surface area contributed by atoms with Crippen LogP contribution in [0.3, 0.4) is 0 Å². The number of imide groups is 1. The van der Waals surface area contributed by atoms with Crippen molar-refractivity contribution in [1.29, 1.82) is 0 Å². The summed E-state index contributed by atoms with van der Waals surface area (Å²) in [7, 11) is -2.13. The van der Waals surface area contributed by atoms with Gasteiger partial charge in [0, 0.05) is 13.2 Å². The zero-order valence-corrected chi connectivity index (χ0v) is 20.5. The lowest BCUT2D eigenvalue weighted by molar-refractivity contribution is -0.114. The summed E-state index contributed by atoms with van der Waals surface area (Å²) in [5.41, 5.74) is 0.713. The summed E-state index contributed by atoms with van der Waals surface area (Å²) in [5, 5.41) is 2.55. The summed E-state index contributed by atoms with van der Waals surface area (Å²) >= 11 is 2.01. The molecule has 3 amide bonds. The number of carbonyl (C=O) groups excluding carboxylic acids is 3. The predicted molar refractivity (Wildman–Crippen MR) is 126 cm³/mol. The van der Waals surface area contributed by atoms with Crippen LogP contribution in [0.4, 0.5) is 5.69 Å². The lowest BCUT2D eigenvalue weighted by Gasteiger charge is -2.26. The molecule has 1 aliphatic rings. The normalized spacial score (nSPS) is 14.2. The van der Waals surface area contributed by atoms with Crippen LogP contribution in [-0.2, 0) is 14.6 Å². The Balaban J connectivity index is 2.13. The molecule has 0 unspecified atom stereocenters. The average molecular weight is 572 g/mol. The van der Waals surface area contributed by atoms with Crippen molar-refractivity contribution in [1.82, 2.24) is 4.90 Å². The molecular weight excluding hydrogens is 551 g/mol. The van der Waals surface area contributed by atoms with Gasteiger partial charge < -0.3 is 14.8 Å². The van der Waals surface area contributed by atoms with Crippen LogP contribution in [0.2, 0.25) is 0 Å². The molecule has 0 aromatic heterocycles. The third-order valence-corrected chi connectivity index (χ3v) is 6.04. The van der Waals surface area contributed by atoms with Crippen molar-refractivity contribution in [3.8, 4) is 11.5 Å². The van der Waals surface area contributed by atoms with Gasteiger partial charge in [-0.3, -0.25) is 19.3 Å². The van der Waals surface area contributed by atoms with Gasteiger partial charge in [0.05, 0.1) is 35.7 Å². The Morgan fingerprint density at radius 1 is 1.16 bits per heavy atom. The van der Waals surface area contributed by atoms with E-state index in [-0.39, 0.29) is 16.8 Å². The number of fused-ring (bicyclic) bond motifs is 1. The van der Waals surface area contributed by atoms with E-state index >= 15 is 0 Å². The molecular formula is C21H21IN2O7S. The average Bonchev–Trinajstić information content (AvgIpc) is 2.96. The van der Waals surface area contributed by atoms with E-state index in [1.165, 1.54) is 26.2 Å². The molecule has 0 saturated heterocycles. The highest BCUT2D eigenvalue weighted by molar-refractivity contribution is 14.1. The van der Waals surface area contributed by atoms with Crippen molar-refractivity contribution in [2.75, 3.05) is 29.0 Å². The fourth-order valence-electron chi connectivity index (χ4n) is 3.56. The summed E-state index contributed by atoms with van der Waals surface area (Å²) in [4.78, 5) is 39.0. The number of hydrogen-bond donors (Lipinski definition) is 1. The minimum atomic E-state index is -3.60. The number of amides is 3. The molecule has 0 bridgehead atoms. The lowest BCUT2D eigenvalue weighted by Crippen LogP contribution is -2.37. The van der Waals surface area contributed by atoms with Crippen LogP contribution >= 0.6 is 22.6 Å². The molecule has 11 heteroatoms. The molecule has 2 aromatic carbocycles. The molecule has 2 aromatic rings. The van der Waals surface area contributed by atoms with Crippen LogP contribution in [0, 0.1) is 0 Å². The van der Waals surface area contributed by atoms with Crippen molar-refractivity contribution in [2.24, 2.45) is 0 Å². The van der Waals surface area contributed by atoms with Gasteiger partial charge in [0.1, 0.15) is 14.5 Å². The van der Waals surface area contributed by atoms with Gasteiger partial charge in [0.15, 0.2) is 11.5 Å². The first-order valence-corrected chi connectivity index (χ1v) is 13.0. The highest BCUT2D eigenvalue weighted by Gasteiger charge is 2.43. The van der Waals surface area contributed by atoms with Gasteiger partial charge >= 0.3 is 0 Å². The number of sulfone groups is 1. The molecule has 0 fully saturated rings. The van der Waals surface area contributed by atoms with E-state index < -0.39 is 39.4 Å². The van der Waals surface area contributed by atoms with E-state index in [0.717, 1.165) is 11.2 Å². The molecule has 0 radical (unpaired) electrons. The lowest BCUT2D eigenvalue weighted by atomic mass is 10.1. The van der Waals surface area contributed by atoms with Crippen LogP contribution in [0.25, 0.3) is 0 Å². The van der Waals surface area contributed by atoms with Gasteiger partial charge in [-0.2, -0.15) is 0 Å². The molecule has 1 aliphatic heterocycles. The number of rotatable bonds is 8. The number of methoxy groups -OCH3 is 1. The Morgan fingerprint density at radius 3 is 2.47 bits per heavy atom. The van der Waals surface area contributed by atoms with E-state index in [2.05, 4.69) is 5.32 Å². The summed E-state index contributed by atoms with van der Waals surface area (Å²) in [5.74, 6) is -1.43. The van der Waals surface area contributed by atoms with Gasteiger partial charge in [0.2, 0.25) is 5.91 Å². The SMILES string of the molecule is COc1ccc([C@H](CS(C)(=O)=O)N2C(=O)c3cccc(NC(C)=O)c3C2=O)cc1OCI. The summed E-state index contributed by atoms with van der Waals surface area (Å²) < 4.78 is 35.6. The molecule has 3 rings (SSSR count). The second-order valence-corrected chi connectivity index (χ2v) is 9.97. The molecule has 0 spiro atoms. The summed E-state index contributed by atoms with van der Waals surface area (Å²) in [6.45, 7) is 1.29. The summed E-state index contributed by atoms with van der Waals surface area (Å²) in [6, 6.07) is 8.16. The Hall–Kier alpha value is -2.67. The van der Waals surface area contributed by atoms with Crippen LogP contribution in [0.5, 0.6) is 11.5 Å². The number of alkyl halides is 1. The van der Waals surface area contributed by atoms with Gasteiger partial charge in [-0.05, 0) is 52.4 Å². The maximum atomic E-state index is 13.3. The Labute approximate surface area is 199 Å². The number of anilines is 1. The zero-order valence-electron chi connectivity index (χ0n) is 17.5. The van der Waals surface area contributed by atoms with Crippen molar-refractivity contribution in [2.45, 2.75) is 13.0 Å². The third kappa shape index (κ3) is 4.88. The van der Waals surface area contributed by atoms with E-state index in [4.69, 9.17) is 9.47 Å². The van der Waals surface area contributed by atoms with Gasteiger partial charge in [-0.25, -0.2) is 8.42 Å². The number of halogens is 1. The maximum absolute atomic E-state index is 13.3. The summed E-state index contributed by atoms with van der Waals surface area (Å²) in [6.07, 6.45) is 1.03. The Morgan fingerprint density at radius 2 is 1.88 bits per heavy atom. The van der Waals surface area contributed by atoms with Crippen LogP contribution in [0.1, 0.15) is 39.2 Å². The second-order valence-electron chi connectivity index (χ2n) is 7.16. The van der Waals surface area contributed by atoms with Crippen LogP contribution in [0.15, 0.2) is 36.4 Å². The molecule has 9 nitrogen and oxygen atoms in total. The van der Waals surface area contributed by atoms with Crippen molar-refractivity contribution < 1.29 is 32.3 Å². The number of carbonyl (C=O) groups is 3. The van der Waals surface area contributed by atoms with Crippen molar-refractivity contribution in [3.63, 3.8) is 0 Å². The van der Waals surface area contributed by atoms with Crippen molar-refractivity contribution >= 4 is 55.8 Å². The van der Waals surface area contributed by atoms with Crippen LogP contribution < -0.4 is 14.8 Å². The van der Waals surface area contributed by atoms with E-state index in [1.807, 2.05) is 22.6 Å². The smallest absolute Gasteiger partial charge is 0.264 e. The second kappa shape index (κ2) is 9.45. The fourth-order valence-corrected chi connectivity index (χ4v) is 4.81. The molecule has 170 valence electrons. The van der Waals surface area contributed by atoms with E-state index in [1.54, 1.807) is 24.3 Å². The molecule has 1 heterocycles. The third-order valence-electron chi connectivity index (χ3n) is 4.81. The van der Waals surface area contributed by atoms with E-state index in [9.17, 15) is 22.8 Å². The Bertz CT molecular complexity index is 1200. The number of ether oxygens (including phenoxy) is 2. The van der Waals surface area contributed by atoms with E-state index in [0.29, 0.717) is 21.7 Å². The Kier molecular flexibility index (Phi) is 7.08. The molecule has 1 N–H and O–H groups in total. The van der Waals surface area contributed by atoms with Gasteiger partial charge in [-0.1, -0.05) is 12.1 Å². The minimum absolute atomic E-state index is 0.0310. The quantitative estimate of drug-likeness (QED) is 0.294. The standard InChI is InChI=1S/C21H21IN2O7S/c1-12(25)23-15-6-4-5-14-19(15)21(27)24(20(14)26)16(10-32(3,28)29)13-7-8-17(30-2)18(9-13)31-11-22/h4-9,16H,10-11H2,1-3H3,(H,23,25)/t16-/m0/s1. The number of nitrogens with one attached hydrogen (secondary N) is 1. The van der Waals surface area contributed by atoms with Gasteiger partial charge in [0.25, 0.3) is 11.8 Å². The van der Waals surface area contributed by atoms with Crippen LogP contribution in [-0.4, -0.2) is 54.8 Å². The predicted octanol–water partition coefficient (Wildman–Crippen LogP) is 2.81. The van der Waals surface area contributed by atoms with Gasteiger partial charge in [-0.15, -0.1) is 0 Å². The number of nitrogens with zero attached hydrogens (tertiary/aromatic N) is 1. The number of benzene rings is 2. The molecule has 0 saturated carbocycles. The maximum Gasteiger partial charge on any atom is 0.264 e. The molecule has 32 heavy (non-hydrogen) atoms. The minimum Gasteiger partial charge on any atom is -0.493 e. The molecule has 1 atom stereocenters. The topological polar surface area (TPSA) is 119 Å². The first-order chi connectivity index (χ1) is 15.1. The number of hydrogen-bond acceptors (Lipinski definition) is 7. The zero-order chi connectivity index (χ0) is 23.6. The largest absolute Gasteiger partial charge is 0.493 e. The first-order valence-electron chi connectivity index (χ1n) is 9.40. The first kappa shape index (κ1) is 24.0. The highest BCUT2D eigenvalue weighted by Crippen LogP contribution is 2.38. The monoisotopic (exact) mass is 572 g/mol. The molecule has 0 aliphatic carbocycles.